The fraction of sp³-hybridized carbons (Fsp3) is 0.684. The number of aromatic nitrogens is 2. The molecule has 1 spiro atoms. The lowest BCUT2D eigenvalue weighted by Gasteiger charge is -2.39. The molecular weight excluding hydrogens is 332 g/mol. The lowest BCUT2D eigenvalue weighted by molar-refractivity contribution is -0.128. The third-order valence-electron chi connectivity index (χ3n) is 6.27. The first kappa shape index (κ1) is 17.2. The summed E-state index contributed by atoms with van der Waals surface area (Å²) in [5.74, 6) is 1.61. The van der Waals surface area contributed by atoms with E-state index in [1.165, 1.54) is 31.7 Å². The van der Waals surface area contributed by atoms with E-state index in [1.54, 1.807) is 7.11 Å². The van der Waals surface area contributed by atoms with Gasteiger partial charge in [0.05, 0.1) is 19.5 Å². The summed E-state index contributed by atoms with van der Waals surface area (Å²) in [6.07, 6.45) is 9.26. The molecule has 0 unspecified atom stereocenters. The maximum Gasteiger partial charge on any atom is 0.291 e. The van der Waals surface area contributed by atoms with Gasteiger partial charge in [0.2, 0.25) is 11.7 Å². The molecule has 2 amide bonds. The van der Waals surface area contributed by atoms with Crippen LogP contribution in [0.2, 0.25) is 0 Å². The molecule has 0 aromatic carbocycles. The van der Waals surface area contributed by atoms with Crippen molar-refractivity contribution in [1.82, 2.24) is 19.8 Å². The standard InChI is InChI=1S/C19H26N4O3/c1-26-15-10-20-17(21-11-15)18(25)22-7-5-19(6-8-22)9-16(24)23(13-19)12-14-3-2-4-14/h10-11,14H,2-9,12-13H2,1H3. The minimum absolute atomic E-state index is 0.0539. The average molecular weight is 358 g/mol. The normalized spacial score (nSPS) is 22.6. The van der Waals surface area contributed by atoms with Gasteiger partial charge in [0.15, 0.2) is 5.75 Å². The Morgan fingerprint density at radius 3 is 2.54 bits per heavy atom. The van der Waals surface area contributed by atoms with Crippen LogP contribution >= 0.6 is 0 Å². The van der Waals surface area contributed by atoms with Crippen molar-refractivity contribution in [3.05, 3.63) is 18.2 Å². The van der Waals surface area contributed by atoms with Crippen molar-refractivity contribution in [1.29, 1.82) is 0 Å². The van der Waals surface area contributed by atoms with Crippen LogP contribution in [0.15, 0.2) is 12.4 Å². The number of likely N-dealkylation sites (tertiary alicyclic amines) is 2. The number of nitrogens with zero attached hydrogens (tertiary/aromatic N) is 4. The number of amides is 2. The second kappa shape index (κ2) is 6.85. The maximum absolute atomic E-state index is 12.6. The first-order valence-corrected chi connectivity index (χ1v) is 9.52. The molecule has 2 saturated heterocycles. The molecule has 1 saturated carbocycles. The van der Waals surface area contributed by atoms with E-state index in [0.717, 1.165) is 25.9 Å². The second-order valence-corrected chi connectivity index (χ2v) is 7.99. The second-order valence-electron chi connectivity index (χ2n) is 7.99. The predicted octanol–water partition coefficient (Wildman–Crippen LogP) is 1.74. The van der Waals surface area contributed by atoms with E-state index >= 15 is 0 Å². The number of ether oxygens (including phenoxy) is 1. The van der Waals surface area contributed by atoms with Crippen LogP contribution in [0.1, 0.15) is 49.1 Å². The van der Waals surface area contributed by atoms with Crippen molar-refractivity contribution in [2.75, 3.05) is 33.3 Å². The van der Waals surface area contributed by atoms with Gasteiger partial charge in [0, 0.05) is 38.0 Å². The maximum atomic E-state index is 12.6. The van der Waals surface area contributed by atoms with Crippen molar-refractivity contribution in [2.45, 2.75) is 38.5 Å². The molecule has 3 aliphatic rings. The Morgan fingerprint density at radius 2 is 1.96 bits per heavy atom. The summed E-state index contributed by atoms with van der Waals surface area (Å²) in [5.41, 5.74) is 0.0539. The highest BCUT2D eigenvalue weighted by Gasteiger charge is 2.46. The Balaban J connectivity index is 1.34. The van der Waals surface area contributed by atoms with Crippen LogP contribution in [0.4, 0.5) is 0 Å². The van der Waals surface area contributed by atoms with Crippen molar-refractivity contribution in [3.8, 4) is 5.75 Å². The van der Waals surface area contributed by atoms with Gasteiger partial charge in [-0.25, -0.2) is 9.97 Å². The summed E-state index contributed by atoms with van der Waals surface area (Å²) in [5, 5.41) is 0. The highest BCUT2D eigenvalue weighted by molar-refractivity contribution is 5.90. The number of piperidine rings is 1. The zero-order valence-electron chi connectivity index (χ0n) is 15.3. The molecule has 7 heteroatoms. The van der Waals surface area contributed by atoms with Crippen molar-refractivity contribution in [3.63, 3.8) is 0 Å². The Kier molecular flexibility index (Phi) is 4.54. The molecule has 26 heavy (non-hydrogen) atoms. The molecule has 3 heterocycles. The van der Waals surface area contributed by atoms with Crippen LogP contribution in [-0.4, -0.2) is 64.9 Å². The number of rotatable bonds is 4. The molecule has 7 nitrogen and oxygen atoms in total. The summed E-state index contributed by atoms with van der Waals surface area (Å²) >= 11 is 0. The summed E-state index contributed by atoms with van der Waals surface area (Å²) in [6, 6.07) is 0. The number of carbonyl (C=O) groups is 2. The molecular formula is C19H26N4O3. The summed E-state index contributed by atoms with van der Waals surface area (Å²) in [4.78, 5) is 37.1. The molecule has 1 aliphatic carbocycles. The Morgan fingerprint density at radius 1 is 1.27 bits per heavy atom. The molecule has 0 bridgehead atoms. The first-order valence-electron chi connectivity index (χ1n) is 9.52. The molecule has 140 valence electrons. The Labute approximate surface area is 153 Å². The van der Waals surface area contributed by atoms with Crippen LogP contribution in [0.5, 0.6) is 5.75 Å². The number of carbonyl (C=O) groups excluding carboxylic acids is 2. The summed E-state index contributed by atoms with van der Waals surface area (Å²) in [7, 11) is 1.54. The largest absolute Gasteiger partial charge is 0.494 e. The smallest absolute Gasteiger partial charge is 0.291 e. The molecule has 0 radical (unpaired) electrons. The van der Waals surface area contributed by atoms with Gasteiger partial charge >= 0.3 is 0 Å². The molecule has 1 aromatic rings. The van der Waals surface area contributed by atoms with E-state index < -0.39 is 0 Å². The molecule has 1 aromatic heterocycles. The first-order chi connectivity index (χ1) is 12.6. The van der Waals surface area contributed by atoms with E-state index in [4.69, 9.17) is 4.74 Å². The molecule has 2 aliphatic heterocycles. The van der Waals surface area contributed by atoms with E-state index in [9.17, 15) is 9.59 Å². The molecule has 0 atom stereocenters. The quantitative estimate of drug-likeness (QED) is 0.819. The lowest BCUT2D eigenvalue weighted by Crippen LogP contribution is -2.45. The highest BCUT2D eigenvalue weighted by Crippen LogP contribution is 2.42. The van der Waals surface area contributed by atoms with E-state index in [0.29, 0.717) is 37.1 Å². The Hall–Kier alpha value is -2.18. The van der Waals surface area contributed by atoms with Crippen LogP contribution in [-0.2, 0) is 4.79 Å². The highest BCUT2D eigenvalue weighted by atomic mass is 16.5. The SMILES string of the molecule is COc1cnc(C(=O)N2CCC3(CC2)CC(=O)N(CC2CCC2)C3)nc1. The topological polar surface area (TPSA) is 75.6 Å². The average Bonchev–Trinajstić information content (AvgIpc) is 2.93. The van der Waals surface area contributed by atoms with Gasteiger partial charge in [-0.3, -0.25) is 9.59 Å². The van der Waals surface area contributed by atoms with E-state index in [-0.39, 0.29) is 17.1 Å². The van der Waals surface area contributed by atoms with Crippen LogP contribution in [0.25, 0.3) is 0 Å². The van der Waals surface area contributed by atoms with Gasteiger partial charge in [0.25, 0.3) is 5.91 Å². The van der Waals surface area contributed by atoms with Gasteiger partial charge in [-0.15, -0.1) is 0 Å². The van der Waals surface area contributed by atoms with Crippen LogP contribution in [0.3, 0.4) is 0 Å². The van der Waals surface area contributed by atoms with E-state index in [2.05, 4.69) is 14.9 Å². The monoisotopic (exact) mass is 358 g/mol. The number of methoxy groups -OCH3 is 1. The fourth-order valence-corrected chi connectivity index (χ4v) is 4.33. The van der Waals surface area contributed by atoms with Crippen LogP contribution in [0, 0.1) is 11.3 Å². The summed E-state index contributed by atoms with van der Waals surface area (Å²) in [6.45, 7) is 3.13. The van der Waals surface area contributed by atoms with E-state index in [1.807, 2.05) is 4.90 Å². The minimum atomic E-state index is -0.141. The zero-order chi connectivity index (χ0) is 18.1. The van der Waals surface area contributed by atoms with Crippen molar-refractivity contribution >= 4 is 11.8 Å². The molecule has 3 fully saturated rings. The van der Waals surface area contributed by atoms with Crippen molar-refractivity contribution < 1.29 is 14.3 Å². The van der Waals surface area contributed by atoms with Crippen LogP contribution < -0.4 is 4.74 Å². The molecule has 0 N–H and O–H groups in total. The predicted molar refractivity (Wildman–Crippen MR) is 94.7 cm³/mol. The number of hydrogen-bond donors (Lipinski definition) is 0. The van der Waals surface area contributed by atoms with Gasteiger partial charge in [0.1, 0.15) is 0 Å². The molecule has 4 rings (SSSR count). The summed E-state index contributed by atoms with van der Waals surface area (Å²) < 4.78 is 5.03. The van der Waals surface area contributed by atoms with Gasteiger partial charge in [-0.2, -0.15) is 0 Å². The zero-order valence-corrected chi connectivity index (χ0v) is 15.3. The Bertz CT molecular complexity index is 679. The van der Waals surface area contributed by atoms with Gasteiger partial charge in [-0.1, -0.05) is 6.42 Å². The minimum Gasteiger partial charge on any atom is -0.494 e. The third-order valence-corrected chi connectivity index (χ3v) is 6.27. The van der Waals surface area contributed by atoms with Crippen molar-refractivity contribution in [2.24, 2.45) is 11.3 Å². The van der Waals surface area contributed by atoms with Gasteiger partial charge in [-0.05, 0) is 31.6 Å². The number of hydrogen-bond acceptors (Lipinski definition) is 5. The lowest BCUT2D eigenvalue weighted by atomic mass is 9.77. The van der Waals surface area contributed by atoms with Gasteiger partial charge < -0.3 is 14.5 Å². The third kappa shape index (κ3) is 3.27. The fourth-order valence-electron chi connectivity index (χ4n) is 4.33.